The van der Waals surface area contributed by atoms with Crippen LogP contribution in [-0.2, 0) is 20.7 Å². The lowest BCUT2D eigenvalue weighted by Gasteiger charge is -2.24. The SMILES string of the molecule is CCOC(=O)CN1C(=O)[C@@H](Sc2nnc(C)s2)CCc2ccccc21. The number of benzene rings is 1. The number of para-hydroxylation sites is 1. The predicted octanol–water partition coefficient (Wildman–Crippen LogP) is 2.85. The zero-order chi connectivity index (χ0) is 17.8. The fourth-order valence-corrected chi connectivity index (χ4v) is 4.86. The topological polar surface area (TPSA) is 72.4 Å². The first-order valence-electron chi connectivity index (χ1n) is 8.10. The van der Waals surface area contributed by atoms with Crippen LogP contribution in [-0.4, -0.2) is 40.5 Å². The first kappa shape index (κ1) is 17.9. The fraction of sp³-hybridized carbons (Fsp3) is 0.412. The standard InChI is InChI=1S/C17H19N3O3S2/c1-3-23-15(21)10-20-13-7-5-4-6-12(13)8-9-14(16(20)22)25-17-19-18-11(2)24-17/h4-7,14H,3,8-10H2,1-2H3/t14-/m0/s1. The first-order valence-corrected chi connectivity index (χ1v) is 9.79. The number of carbonyl (C=O) groups excluding carboxylic acids is 2. The van der Waals surface area contributed by atoms with E-state index in [1.807, 2.05) is 31.2 Å². The summed E-state index contributed by atoms with van der Waals surface area (Å²) in [5.41, 5.74) is 1.86. The van der Waals surface area contributed by atoms with Gasteiger partial charge in [0.2, 0.25) is 5.91 Å². The monoisotopic (exact) mass is 377 g/mol. The number of hydrogen-bond acceptors (Lipinski definition) is 7. The molecule has 6 nitrogen and oxygen atoms in total. The lowest BCUT2D eigenvalue weighted by atomic mass is 10.1. The maximum absolute atomic E-state index is 13.1. The number of thioether (sulfide) groups is 1. The van der Waals surface area contributed by atoms with Crippen molar-refractivity contribution < 1.29 is 14.3 Å². The molecule has 0 aliphatic carbocycles. The molecule has 0 unspecified atom stereocenters. The average molecular weight is 377 g/mol. The van der Waals surface area contributed by atoms with Gasteiger partial charge in [-0.25, -0.2) is 0 Å². The van der Waals surface area contributed by atoms with E-state index in [9.17, 15) is 9.59 Å². The smallest absolute Gasteiger partial charge is 0.326 e. The second kappa shape index (κ2) is 7.97. The molecule has 1 aromatic heterocycles. The molecular weight excluding hydrogens is 358 g/mol. The molecule has 1 aliphatic rings. The normalized spacial score (nSPS) is 17.1. The van der Waals surface area contributed by atoms with Crippen LogP contribution in [0.2, 0.25) is 0 Å². The van der Waals surface area contributed by atoms with Crippen LogP contribution in [0, 0.1) is 6.92 Å². The van der Waals surface area contributed by atoms with Gasteiger partial charge in [-0.3, -0.25) is 14.5 Å². The Kier molecular flexibility index (Phi) is 5.70. The van der Waals surface area contributed by atoms with E-state index in [1.54, 1.807) is 11.8 Å². The molecule has 1 aliphatic heterocycles. The summed E-state index contributed by atoms with van der Waals surface area (Å²) in [6, 6.07) is 7.72. The molecule has 3 rings (SSSR count). The predicted molar refractivity (Wildman–Crippen MR) is 98.0 cm³/mol. The highest BCUT2D eigenvalue weighted by Crippen LogP contribution is 2.35. The third-order valence-corrected chi connectivity index (χ3v) is 6.02. The minimum Gasteiger partial charge on any atom is -0.465 e. The van der Waals surface area contributed by atoms with Gasteiger partial charge >= 0.3 is 5.97 Å². The van der Waals surface area contributed by atoms with Crippen molar-refractivity contribution in [3.8, 4) is 0 Å². The van der Waals surface area contributed by atoms with Gasteiger partial charge in [-0.15, -0.1) is 10.2 Å². The number of fused-ring (bicyclic) bond motifs is 1. The van der Waals surface area contributed by atoms with Crippen molar-refractivity contribution >= 4 is 40.7 Å². The minimum atomic E-state index is -0.400. The summed E-state index contributed by atoms with van der Waals surface area (Å²) in [4.78, 5) is 26.7. The third-order valence-electron chi connectivity index (χ3n) is 3.84. The molecule has 0 fully saturated rings. The van der Waals surface area contributed by atoms with Crippen LogP contribution in [0.4, 0.5) is 5.69 Å². The van der Waals surface area contributed by atoms with Crippen molar-refractivity contribution in [2.24, 2.45) is 0 Å². The maximum atomic E-state index is 13.1. The van der Waals surface area contributed by atoms with Gasteiger partial charge in [0.05, 0.1) is 11.9 Å². The van der Waals surface area contributed by atoms with Crippen molar-refractivity contribution in [2.45, 2.75) is 36.3 Å². The highest BCUT2D eigenvalue weighted by Gasteiger charge is 2.33. The number of anilines is 1. The number of amides is 1. The number of ether oxygens (including phenoxy) is 1. The third kappa shape index (κ3) is 4.19. The van der Waals surface area contributed by atoms with E-state index in [0.717, 1.165) is 27.0 Å². The van der Waals surface area contributed by atoms with E-state index in [-0.39, 0.29) is 17.7 Å². The zero-order valence-electron chi connectivity index (χ0n) is 14.1. The highest BCUT2D eigenvalue weighted by atomic mass is 32.2. The van der Waals surface area contributed by atoms with E-state index in [4.69, 9.17) is 4.74 Å². The largest absolute Gasteiger partial charge is 0.465 e. The fourth-order valence-electron chi connectivity index (χ4n) is 2.74. The Hall–Kier alpha value is -1.93. The van der Waals surface area contributed by atoms with Gasteiger partial charge in [-0.05, 0) is 38.3 Å². The van der Waals surface area contributed by atoms with Crippen molar-refractivity contribution in [1.29, 1.82) is 0 Å². The number of rotatable bonds is 5. The van der Waals surface area contributed by atoms with Crippen molar-refractivity contribution in [3.63, 3.8) is 0 Å². The van der Waals surface area contributed by atoms with Crippen LogP contribution in [0.1, 0.15) is 23.9 Å². The molecule has 1 amide bonds. The molecule has 0 N–H and O–H groups in total. The summed E-state index contributed by atoms with van der Waals surface area (Å²) in [6.07, 6.45) is 1.47. The summed E-state index contributed by atoms with van der Waals surface area (Å²) in [6.45, 7) is 3.87. The van der Waals surface area contributed by atoms with Crippen molar-refractivity contribution in [2.75, 3.05) is 18.1 Å². The lowest BCUT2D eigenvalue weighted by Crippen LogP contribution is -2.41. The molecule has 0 bridgehead atoms. The van der Waals surface area contributed by atoms with Crippen LogP contribution < -0.4 is 4.90 Å². The van der Waals surface area contributed by atoms with Gasteiger partial charge in [0.25, 0.3) is 0 Å². The number of esters is 1. The Labute approximate surface area is 154 Å². The number of nitrogens with zero attached hydrogens (tertiary/aromatic N) is 3. The summed E-state index contributed by atoms with van der Waals surface area (Å²) < 4.78 is 5.82. The summed E-state index contributed by atoms with van der Waals surface area (Å²) in [5.74, 6) is -0.487. The van der Waals surface area contributed by atoms with Crippen LogP contribution >= 0.6 is 23.1 Å². The summed E-state index contributed by atoms with van der Waals surface area (Å²) in [5, 5.41) is 8.69. The van der Waals surface area contributed by atoms with Gasteiger partial charge in [0.1, 0.15) is 11.6 Å². The van der Waals surface area contributed by atoms with Crippen LogP contribution in [0.15, 0.2) is 28.6 Å². The number of hydrogen-bond donors (Lipinski definition) is 0. The number of carbonyl (C=O) groups is 2. The van der Waals surface area contributed by atoms with Crippen LogP contribution in [0.25, 0.3) is 0 Å². The second-order valence-electron chi connectivity index (χ2n) is 5.59. The minimum absolute atomic E-state index is 0.0735. The van der Waals surface area contributed by atoms with Gasteiger partial charge in [0.15, 0.2) is 4.34 Å². The number of aromatic nitrogens is 2. The Morgan fingerprint density at radius 1 is 1.40 bits per heavy atom. The van der Waals surface area contributed by atoms with E-state index < -0.39 is 5.97 Å². The molecule has 1 atom stereocenters. The lowest BCUT2D eigenvalue weighted by molar-refractivity contribution is -0.142. The molecule has 2 aromatic rings. The Balaban J connectivity index is 1.87. The molecule has 0 saturated carbocycles. The van der Waals surface area contributed by atoms with Crippen LogP contribution in [0.3, 0.4) is 0 Å². The second-order valence-corrected chi connectivity index (χ2v) is 8.22. The van der Waals surface area contributed by atoms with Gasteiger partial charge < -0.3 is 4.74 Å². The first-order chi connectivity index (χ1) is 12.1. The maximum Gasteiger partial charge on any atom is 0.326 e. The van der Waals surface area contributed by atoms with E-state index in [2.05, 4.69) is 10.2 Å². The molecule has 1 aromatic carbocycles. The quantitative estimate of drug-likeness (QED) is 0.746. The van der Waals surface area contributed by atoms with Crippen LogP contribution in [0.5, 0.6) is 0 Å². The highest BCUT2D eigenvalue weighted by molar-refractivity contribution is 8.02. The van der Waals surface area contributed by atoms with Crippen molar-refractivity contribution in [1.82, 2.24) is 10.2 Å². The van der Waals surface area contributed by atoms with Gasteiger partial charge in [-0.2, -0.15) is 0 Å². The average Bonchev–Trinajstić information content (AvgIpc) is 2.96. The van der Waals surface area contributed by atoms with E-state index >= 15 is 0 Å². The van der Waals surface area contributed by atoms with Gasteiger partial charge in [-0.1, -0.05) is 41.3 Å². The Morgan fingerprint density at radius 3 is 2.92 bits per heavy atom. The summed E-state index contributed by atoms with van der Waals surface area (Å²) >= 11 is 2.90. The molecule has 0 saturated heterocycles. The van der Waals surface area contributed by atoms with E-state index in [1.165, 1.54) is 23.1 Å². The summed E-state index contributed by atoms with van der Waals surface area (Å²) in [7, 11) is 0. The molecular formula is C17H19N3O3S2. The zero-order valence-corrected chi connectivity index (χ0v) is 15.7. The number of aryl methyl sites for hydroxylation is 2. The Bertz CT molecular complexity index is 778. The van der Waals surface area contributed by atoms with Crippen molar-refractivity contribution in [3.05, 3.63) is 34.8 Å². The van der Waals surface area contributed by atoms with Gasteiger partial charge in [0, 0.05) is 5.69 Å². The Morgan fingerprint density at radius 2 is 2.20 bits per heavy atom. The molecule has 25 heavy (non-hydrogen) atoms. The molecule has 0 spiro atoms. The molecule has 8 heteroatoms. The molecule has 2 heterocycles. The molecule has 0 radical (unpaired) electrons. The molecule has 132 valence electrons. The van der Waals surface area contributed by atoms with E-state index in [0.29, 0.717) is 13.0 Å².